The van der Waals surface area contributed by atoms with Crippen molar-refractivity contribution in [3.8, 4) is 17.2 Å². The highest BCUT2D eigenvalue weighted by molar-refractivity contribution is 5.86. The lowest BCUT2D eigenvalue weighted by molar-refractivity contribution is 0.913. The van der Waals surface area contributed by atoms with Crippen LogP contribution in [0.15, 0.2) is 60.5 Å². The molecule has 0 radical (unpaired) electrons. The maximum Gasteiger partial charge on any atom is 0.103 e. The van der Waals surface area contributed by atoms with Gasteiger partial charge in [-0.3, -0.25) is 4.98 Å². The number of nitrogens with zero attached hydrogens (tertiary/aromatic N) is 3. The van der Waals surface area contributed by atoms with Gasteiger partial charge in [-0.15, -0.1) is 0 Å². The molecule has 1 N–H and O–H groups in total. The average Bonchev–Trinajstić information content (AvgIpc) is 3.52. The topological polar surface area (TPSA) is 61.1 Å². The fourth-order valence-electron chi connectivity index (χ4n) is 2.89. The minimum atomic E-state index is -0.192. The molecule has 136 valence electrons. The van der Waals surface area contributed by atoms with Gasteiger partial charge in [0.15, 0.2) is 0 Å². The van der Waals surface area contributed by atoms with E-state index in [1.165, 1.54) is 12.8 Å². The summed E-state index contributed by atoms with van der Waals surface area (Å²) < 4.78 is 0. The van der Waals surface area contributed by atoms with Gasteiger partial charge in [-0.25, -0.2) is 4.99 Å². The van der Waals surface area contributed by atoms with Crippen molar-refractivity contribution >= 4 is 17.6 Å². The van der Waals surface area contributed by atoms with Crippen LogP contribution in [-0.2, 0) is 0 Å². The Labute approximate surface area is 161 Å². The first-order valence-electron chi connectivity index (χ1n) is 9.14. The molecule has 1 saturated carbocycles. The fraction of sp³-hybridized carbons (Fsp3) is 0.261. The Kier molecular flexibility index (Phi) is 5.52. The second-order valence-electron chi connectivity index (χ2n) is 6.96. The number of hydrogen-bond donors (Lipinski definition) is 1. The van der Waals surface area contributed by atoms with Gasteiger partial charge >= 0.3 is 0 Å². The minimum absolute atomic E-state index is 0.192. The average molecular weight is 356 g/mol. The van der Waals surface area contributed by atoms with Gasteiger partial charge in [0.1, 0.15) is 5.84 Å². The molecular formula is C23H24N4. The Morgan fingerprint density at radius 2 is 2.11 bits per heavy atom. The molecule has 1 aliphatic rings. The SMILES string of the molecule is C=Cc1ccc(-c2cncc(C(C)C#N)c2)cc1N=C(C)NC(=C)C1CC1. The maximum atomic E-state index is 9.16. The van der Waals surface area contributed by atoms with E-state index in [-0.39, 0.29) is 5.92 Å². The first kappa shape index (κ1) is 18.6. The third-order valence-electron chi connectivity index (χ3n) is 4.74. The highest BCUT2D eigenvalue weighted by Gasteiger charge is 2.24. The molecule has 0 saturated heterocycles. The zero-order valence-corrected chi connectivity index (χ0v) is 15.9. The van der Waals surface area contributed by atoms with Gasteiger partial charge in [-0.05, 0) is 61.4 Å². The van der Waals surface area contributed by atoms with E-state index in [4.69, 9.17) is 10.3 Å². The zero-order valence-electron chi connectivity index (χ0n) is 15.9. The number of nitrogens with one attached hydrogen (secondary N) is 1. The van der Waals surface area contributed by atoms with Gasteiger partial charge in [0.2, 0.25) is 0 Å². The van der Waals surface area contributed by atoms with Gasteiger partial charge in [-0.2, -0.15) is 5.26 Å². The van der Waals surface area contributed by atoms with Crippen molar-refractivity contribution in [3.63, 3.8) is 0 Å². The van der Waals surface area contributed by atoms with Gasteiger partial charge in [0.25, 0.3) is 0 Å². The maximum absolute atomic E-state index is 9.16. The van der Waals surface area contributed by atoms with E-state index in [1.807, 2.05) is 44.3 Å². The molecule has 1 atom stereocenters. The van der Waals surface area contributed by atoms with E-state index in [0.717, 1.165) is 39.5 Å². The molecule has 4 nitrogen and oxygen atoms in total. The first-order valence-corrected chi connectivity index (χ1v) is 9.14. The number of amidine groups is 1. The molecule has 27 heavy (non-hydrogen) atoms. The van der Waals surface area contributed by atoms with Gasteiger partial charge in [0.05, 0.1) is 17.7 Å². The number of aromatic nitrogens is 1. The molecule has 1 fully saturated rings. The second kappa shape index (κ2) is 8.01. The number of rotatable bonds is 6. The molecule has 2 aromatic rings. The molecule has 1 aromatic carbocycles. The largest absolute Gasteiger partial charge is 0.348 e. The van der Waals surface area contributed by atoms with Crippen LogP contribution in [0.25, 0.3) is 17.2 Å². The molecule has 3 rings (SSSR count). The van der Waals surface area contributed by atoms with Crippen LogP contribution in [0.3, 0.4) is 0 Å². The van der Waals surface area contributed by atoms with Crippen LogP contribution in [-0.4, -0.2) is 10.8 Å². The predicted molar refractivity (Wildman–Crippen MR) is 112 cm³/mol. The summed E-state index contributed by atoms with van der Waals surface area (Å²) in [5, 5.41) is 12.5. The van der Waals surface area contributed by atoms with E-state index in [9.17, 15) is 0 Å². The molecular weight excluding hydrogens is 332 g/mol. The zero-order chi connectivity index (χ0) is 19.4. The van der Waals surface area contributed by atoms with Gasteiger partial charge in [0, 0.05) is 23.7 Å². The van der Waals surface area contributed by atoms with Gasteiger partial charge < -0.3 is 5.32 Å². The molecule has 1 heterocycles. The van der Waals surface area contributed by atoms with Crippen molar-refractivity contribution in [1.82, 2.24) is 10.3 Å². The molecule has 0 aliphatic heterocycles. The lowest BCUT2D eigenvalue weighted by Gasteiger charge is -2.11. The normalized spacial score (nSPS) is 14.9. The van der Waals surface area contributed by atoms with Gasteiger partial charge in [-0.1, -0.05) is 31.4 Å². The summed E-state index contributed by atoms with van der Waals surface area (Å²) in [5.74, 6) is 1.20. The number of hydrogen-bond acceptors (Lipinski definition) is 3. The predicted octanol–water partition coefficient (Wildman–Crippen LogP) is 5.58. The Hall–Kier alpha value is -3.19. The Morgan fingerprint density at radius 3 is 2.78 bits per heavy atom. The molecule has 0 spiro atoms. The van der Waals surface area contributed by atoms with E-state index in [1.54, 1.807) is 12.3 Å². The van der Waals surface area contributed by atoms with Crippen LogP contribution in [0, 0.1) is 17.2 Å². The standard InChI is InChI=1S/C23H24N4/c1-5-18-6-9-20(22-10-21(13-25-14-22)15(2)12-24)11-23(18)27-17(4)26-16(3)19-7-8-19/h5-6,9-11,13-15,19H,1,3,7-8H2,2,4H3,(H,26,27). The summed E-state index contributed by atoms with van der Waals surface area (Å²) in [4.78, 5) is 9.04. The van der Waals surface area contributed by atoms with Crippen molar-refractivity contribution in [3.05, 3.63) is 66.6 Å². The first-order chi connectivity index (χ1) is 13.0. The molecule has 0 bridgehead atoms. The van der Waals surface area contributed by atoms with Crippen molar-refractivity contribution < 1.29 is 0 Å². The Balaban J connectivity index is 1.92. The third kappa shape index (κ3) is 4.51. The van der Waals surface area contributed by atoms with Crippen molar-refractivity contribution in [1.29, 1.82) is 5.26 Å². The van der Waals surface area contributed by atoms with Crippen molar-refractivity contribution in [2.45, 2.75) is 32.6 Å². The van der Waals surface area contributed by atoms with Crippen LogP contribution in [0.1, 0.15) is 43.7 Å². The van der Waals surface area contributed by atoms with Crippen molar-refractivity contribution in [2.75, 3.05) is 0 Å². The number of aliphatic imine (C=N–C) groups is 1. The lowest BCUT2D eigenvalue weighted by Crippen LogP contribution is -2.19. The molecule has 0 amide bonds. The second-order valence-corrected chi connectivity index (χ2v) is 6.96. The molecule has 1 aliphatic carbocycles. The number of allylic oxidation sites excluding steroid dienone is 1. The molecule has 4 heteroatoms. The summed E-state index contributed by atoms with van der Waals surface area (Å²) in [5.41, 5.74) is 5.73. The van der Waals surface area contributed by atoms with Crippen LogP contribution in [0.4, 0.5) is 5.69 Å². The summed E-state index contributed by atoms with van der Waals surface area (Å²) >= 11 is 0. The smallest absolute Gasteiger partial charge is 0.103 e. The van der Waals surface area contributed by atoms with E-state index >= 15 is 0 Å². The van der Waals surface area contributed by atoms with Crippen LogP contribution < -0.4 is 5.32 Å². The fourth-order valence-corrected chi connectivity index (χ4v) is 2.89. The highest BCUT2D eigenvalue weighted by atomic mass is 15.0. The number of nitriles is 1. The third-order valence-corrected chi connectivity index (χ3v) is 4.74. The number of benzene rings is 1. The summed E-state index contributed by atoms with van der Waals surface area (Å²) in [7, 11) is 0. The Morgan fingerprint density at radius 1 is 1.33 bits per heavy atom. The van der Waals surface area contributed by atoms with Crippen LogP contribution >= 0.6 is 0 Å². The lowest BCUT2D eigenvalue weighted by atomic mass is 9.99. The number of pyridine rings is 1. The van der Waals surface area contributed by atoms with E-state index in [2.05, 4.69) is 29.5 Å². The highest BCUT2D eigenvalue weighted by Crippen LogP contribution is 2.34. The Bertz CT molecular complexity index is 945. The molecule has 1 aromatic heterocycles. The quantitative estimate of drug-likeness (QED) is 0.543. The molecule has 1 unspecified atom stereocenters. The minimum Gasteiger partial charge on any atom is -0.348 e. The van der Waals surface area contributed by atoms with Crippen molar-refractivity contribution in [2.24, 2.45) is 10.9 Å². The van der Waals surface area contributed by atoms with Crippen LogP contribution in [0.2, 0.25) is 0 Å². The summed E-state index contributed by atoms with van der Waals surface area (Å²) in [6, 6.07) is 10.3. The van der Waals surface area contributed by atoms with E-state index in [0.29, 0.717) is 5.92 Å². The van der Waals surface area contributed by atoms with E-state index < -0.39 is 0 Å². The summed E-state index contributed by atoms with van der Waals surface area (Å²) in [6.45, 7) is 11.8. The summed E-state index contributed by atoms with van der Waals surface area (Å²) in [6.07, 6.45) is 7.77. The van der Waals surface area contributed by atoms with Crippen LogP contribution in [0.5, 0.6) is 0 Å². The monoisotopic (exact) mass is 356 g/mol.